The fraction of sp³-hybridized carbons (Fsp3) is 0.333. The normalized spacial score (nSPS) is 14.7. The molecule has 1 aliphatic heterocycles. The Morgan fingerprint density at radius 1 is 1.47 bits per heavy atom. The van der Waals surface area contributed by atoms with Crippen molar-refractivity contribution >= 4 is 23.4 Å². The largest absolute Gasteiger partial charge is 0.447 e. The van der Waals surface area contributed by atoms with Gasteiger partial charge in [0.1, 0.15) is 6.61 Å². The number of carbonyl (C=O) groups excluding carboxylic acids is 2. The molecule has 0 atom stereocenters. The van der Waals surface area contributed by atoms with Crippen LogP contribution in [0, 0.1) is 6.92 Å². The van der Waals surface area contributed by atoms with E-state index in [0.717, 1.165) is 16.9 Å². The number of amides is 2. The van der Waals surface area contributed by atoms with Crippen LogP contribution in [0.5, 0.6) is 0 Å². The van der Waals surface area contributed by atoms with Crippen LogP contribution in [0.3, 0.4) is 0 Å². The van der Waals surface area contributed by atoms with Crippen molar-refractivity contribution in [2.45, 2.75) is 13.8 Å². The SMILES string of the molecule is CC(=O)Nc1ccc(N2CCOC2=O)c(C)c1. The molecule has 1 saturated heterocycles. The summed E-state index contributed by atoms with van der Waals surface area (Å²) in [5.41, 5.74) is 2.48. The summed E-state index contributed by atoms with van der Waals surface area (Å²) in [6, 6.07) is 5.42. The Hall–Kier alpha value is -2.04. The van der Waals surface area contributed by atoms with Crippen LogP contribution in [0.4, 0.5) is 16.2 Å². The number of benzene rings is 1. The van der Waals surface area contributed by atoms with Crippen LogP contribution in [-0.2, 0) is 9.53 Å². The number of nitrogens with one attached hydrogen (secondary N) is 1. The quantitative estimate of drug-likeness (QED) is 0.850. The second-order valence-electron chi connectivity index (χ2n) is 3.95. The number of anilines is 2. The minimum absolute atomic E-state index is 0.113. The van der Waals surface area contributed by atoms with Crippen molar-refractivity contribution in [3.8, 4) is 0 Å². The van der Waals surface area contributed by atoms with Gasteiger partial charge in [0, 0.05) is 12.6 Å². The highest BCUT2D eigenvalue weighted by molar-refractivity contribution is 5.92. The first kappa shape index (κ1) is 11.4. The predicted molar refractivity (Wildman–Crippen MR) is 64.2 cm³/mol. The van der Waals surface area contributed by atoms with Crippen LogP contribution < -0.4 is 10.2 Å². The maximum atomic E-state index is 11.4. The van der Waals surface area contributed by atoms with Crippen molar-refractivity contribution < 1.29 is 14.3 Å². The second kappa shape index (κ2) is 4.45. The molecule has 0 aromatic heterocycles. The number of hydrogen-bond donors (Lipinski definition) is 1. The Morgan fingerprint density at radius 2 is 2.24 bits per heavy atom. The molecule has 1 aromatic carbocycles. The highest BCUT2D eigenvalue weighted by Gasteiger charge is 2.24. The molecular formula is C12H14N2O3. The minimum atomic E-state index is -0.319. The first-order valence-corrected chi connectivity index (χ1v) is 5.40. The van der Waals surface area contributed by atoms with Crippen LogP contribution in [0.25, 0.3) is 0 Å². The molecule has 5 heteroatoms. The van der Waals surface area contributed by atoms with Gasteiger partial charge in [-0.2, -0.15) is 0 Å². The number of cyclic esters (lactones) is 1. The van der Waals surface area contributed by atoms with Crippen molar-refractivity contribution in [2.24, 2.45) is 0 Å². The van der Waals surface area contributed by atoms with E-state index in [4.69, 9.17) is 4.74 Å². The summed E-state index contributed by atoms with van der Waals surface area (Å²) in [6.45, 7) is 4.35. The van der Waals surface area contributed by atoms with E-state index in [9.17, 15) is 9.59 Å². The van der Waals surface area contributed by atoms with E-state index in [1.807, 2.05) is 19.1 Å². The van der Waals surface area contributed by atoms with E-state index >= 15 is 0 Å². The molecule has 0 aliphatic carbocycles. The maximum absolute atomic E-state index is 11.4. The van der Waals surface area contributed by atoms with Crippen molar-refractivity contribution in [1.82, 2.24) is 0 Å². The number of ether oxygens (including phenoxy) is 1. The van der Waals surface area contributed by atoms with E-state index in [-0.39, 0.29) is 12.0 Å². The molecule has 17 heavy (non-hydrogen) atoms. The smallest absolute Gasteiger partial charge is 0.414 e. The molecule has 1 aromatic rings. The number of carbonyl (C=O) groups is 2. The van der Waals surface area contributed by atoms with Gasteiger partial charge in [-0.05, 0) is 30.7 Å². The summed E-state index contributed by atoms with van der Waals surface area (Å²) < 4.78 is 4.89. The van der Waals surface area contributed by atoms with Gasteiger partial charge < -0.3 is 10.1 Å². The lowest BCUT2D eigenvalue weighted by atomic mass is 10.1. The number of nitrogens with zero attached hydrogens (tertiary/aromatic N) is 1. The summed E-state index contributed by atoms with van der Waals surface area (Å²) >= 11 is 0. The van der Waals surface area contributed by atoms with Crippen molar-refractivity contribution in [2.75, 3.05) is 23.4 Å². The molecule has 1 N–H and O–H groups in total. The van der Waals surface area contributed by atoms with Gasteiger partial charge in [0.15, 0.2) is 0 Å². The molecule has 0 unspecified atom stereocenters. The van der Waals surface area contributed by atoms with Gasteiger partial charge in [0.25, 0.3) is 0 Å². The van der Waals surface area contributed by atoms with Crippen molar-refractivity contribution in [1.29, 1.82) is 0 Å². The van der Waals surface area contributed by atoms with Gasteiger partial charge in [-0.15, -0.1) is 0 Å². The van der Waals surface area contributed by atoms with Crippen LogP contribution in [-0.4, -0.2) is 25.2 Å². The van der Waals surface area contributed by atoms with E-state index in [0.29, 0.717) is 13.2 Å². The van der Waals surface area contributed by atoms with Crippen LogP contribution in [0.2, 0.25) is 0 Å². The Kier molecular flexibility index (Phi) is 2.99. The first-order chi connectivity index (χ1) is 8.08. The van der Waals surface area contributed by atoms with Crippen LogP contribution >= 0.6 is 0 Å². The van der Waals surface area contributed by atoms with Crippen LogP contribution in [0.15, 0.2) is 18.2 Å². The summed E-state index contributed by atoms with van der Waals surface area (Å²) in [4.78, 5) is 23.9. The zero-order chi connectivity index (χ0) is 12.4. The zero-order valence-electron chi connectivity index (χ0n) is 9.82. The Morgan fingerprint density at radius 3 is 2.76 bits per heavy atom. The standard InChI is InChI=1S/C12H14N2O3/c1-8-7-10(13-9(2)15)3-4-11(8)14-5-6-17-12(14)16/h3-4,7H,5-6H2,1-2H3,(H,13,15). The molecule has 0 bridgehead atoms. The molecule has 0 spiro atoms. The first-order valence-electron chi connectivity index (χ1n) is 5.40. The van der Waals surface area contributed by atoms with E-state index in [1.54, 1.807) is 11.0 Å². The molecule has 5 nitrogen and oxygen atoms in total. The Balaban J connectivity index is 2.25. The molecular weight excluding hydrogens is 220 g/mol. The molecule has 1 aliphatic rings. The Labute approximate surface area is 99.4 Å². The lowest BCUT2D eigenvalue weighted by molar-refractivity contribution is -0.114. The number of rotatable bonds is 2. The minimum Gasteiger partial charge on any atom is -0.447 e. The highest BCUT2D eigenvalue weighted by atomic mass is 16.6. The monoisotopic (exact) mass is 234 g/mol. The second-order valence-corrected chi connectivity index (χ2v) is 3.95. The van der Waals surface area contributed by atoms with E-state index in [1.165, 1.54) is 6.92 Å². The molecule has 2 amide bonds. The molecule has 1 heterocycles. The third-order valence-electron chi connectivity index (χ3n) is 2.57. The van der Waals surface area contributed by atoms with Crippen LogP contribution in [0.1, 0.15) is 12.5 Å². The summed E-state index contributed by atoms with van der Waals surface area (Å²) in [6.07, 6.45) is -0.319. The average Bonchev–Trinajstić information content (AvgIpc) is 2.64. The van der Waals surface area contributed by atoms with Crippen molar-refractivity contribution in [3.05, 3.63) is 23.8 Å². The number of hydrogen-bond acceptors (Lipinski definition) is 3. The maximum Gasteiger partial charge on any atom is 0.414 e. The third-order valence-corrected chi connectivity index (χ3v) is 2.57. The average molecular weight is 234 g/mol. The van der Waals surface area contributed by atoms with Gasteiger partial charge in [0.05, 0.1) is 12.2 Å². The molecule has 90 valence electrons. The van der Waals surface area contributed by atoms with E-state index in [2.05, 4.69) is 5.32 Å². The van der Waals surface area contributed by atoms with Gasteiger partial charge in [-0.3, -0.25) is 9.69 Å². The molecule has 1 fully saturated rings. The summed E-state index contributed by atoms with van der Waals surface area (Å²) in [5.74, 6) is -0.113. The lowest BCUT2D eigenvalue weighted by Gasteiger charge is -2.16. The van der Waals surface area contributed by atoms with Gasteiger partial charge in [-0.25, -0.2) is 4.79 Å². The fourth-order valence-corrected chi connectivity index (χ4v) is 1.85. The highest BCUT2D eigenvalue weighted by Crippen LogP contribution is 2.25. The topological polar surface area (TPSA) is 58.6 Å². The van der Waals surface area contributed by atoms with Crippen molar-refractivity contribution in [3.63, 3.8) is 0 Å². The molecule has 0 radical (unpaired) electrons. The summed E-state index contributed by atoms with van der Waals surface area (Å²) in [5, 5.41) is 2.70. The van der Waals surface area contributed by atoms with Gasteiger partial charge >= 0.3 is 6.09 Å². The summed E-state index contributed by atoms with van der Waals surface area (Å²) in [7, 11) is 0. The third kappa shape index (κ3) is 2.38. The molecule has 0 saturated carbocycles. The van der Waals surface area contributed by atoms with E-state index < -0.39 is 0 Å². The predicted octanol–water partition coefficient (Wildman–Crippen LogP) is 1.91. The zero-order valence-corrected chi connectivity index (χ0v) is 9.82. The Bertz CT molecular complexity index is 471. The lowest BCUT2D eigenvalue weighted by Crippen LogP contribution is -2.24. The van der Waals surface area contributed by atoms with Gasteiger partial charge in [-0.1, -0.05) is 0 Å². The van der Waals surface area contributed by atoms with Gasteiger partial charge in [0.2, 0.25) is 5.91 Å². The number of aryl methyl sites for hydroxylation is 1. The molecule has 2 rings (SSSR count). The fourth-order valence-electron chi connectivity index (χ4n) is 1.85.